The smallest absolute Gasteiger partial charge is 0.121 e. The van der Waals surface area contributed by atoms with Crippen molar-refractivity contribution in [1.82, 2.24) is 9.78 Å². The van der Waals surface area contributed by atoms with Crippen molar-refractivity contribution >= 4 is 5.82 Å². The monoisotopic (exact) mass is 231 g/mol. The Bertz CT molecular complexity index is 565. The predicted octanol–water partition coefficient (Wildman–Crippen LogP) is 2.30. The molecule has 0 spiro atoms. The number of nitrogen functional groups attached to an aromatic ring is 1. The van der Waals surface area contributed by atoms with Crippen molar-refractivity contribution in [3.8, 4) is 17.0 Å². The lowest BCUT2D eigenvalue weighted by atomic mass is 9.95. The Labute approximate surface area is 101 Å². The molecule has 0 saturated heterocycles. The minimum atomic E-state index is 0.327. The molecule has 4 heteroatoms. The van der Waals surface area contributed by atoms with E-state index in [9.17, 15) is 5.11 Å². The van der Waals surface area contributed by atoms with Gasteiger partial charge in [-0.05, 0) is 43.5 Å². The van der Waals surface area contributed by atoms with Crippen molar-refractivity contribution in [2.75, 3.05) is 5.73 Å². The van der Waals surface area contributed by atoms with Gasteiger partial charge in [0.2, 0.25) is 0 Å². The van der Waals surface area contributed by atoms with Crippen molar-refractivity contribution in [3.05, 3.63) is 28.8 Å². The molecule has 1 heterocycles. The number of nitrogens with zero attached hydrogens (tertiary/aromatic N) is 2. The minimum absolute atomic E-state index is 0.327. The first kappa shape index (κ1) is 11.5. The van der Waals surface area contributed by atoms with Crippen LogP contribution in [0, 0.1) is 20.8 Å². The molecule has 0 atom stereocenters. The molecular weight excluding hydrogens is 214 g/mol. The minimum Gasteiger partial charge on any atom is -0.508 e. The van der Waals surface area contributed by atoms with E-state index in [0.717, 1.165) is 27.9 Å². The van der Waals surface area contributed by atoms with E-state index in [4.69, 9.17) is 5.73 Å². The summed E-state index contributed by atoms with van der Waals surface area (Å²) in [4.78, 5) is 0. The van der Waals surface area contributed by atoms with Crippen LogP contribution in [0.2, 0.25) is 0 Å². The first-order chi connectivity index (χ1) is 7.91. The quantitative estimate of drug-likeness (QED) is 0.791. The second-order valence-corrected chi connectivity index (χ2v) is 4.42. The summed E-state index contributed by atoms with van der Waals surface area (Å²) in [7, 11) is 1.82. The first-order valence-electron chi connectivity index (χ1n) is 5.51. The summed E-state index contributed by atoms with van der Waals surface area (Å²) < 4.78 is 1.65. The lowest BCUT2D eigenvalue weighted by molar-refractivity contribution is 0.470. The molecule has 1 aromatic heterocycles. The van der Waals surface area contributed by atoms with E-state index in [1.165, 1.54) is 0 Å². The Hall–Kier alpha value is -1.97. The molecule has 0 aliphatic heterocycles. The summed E-state index contributed by atoms with van der Waals surface area (Å²) in [5, 5.41) is 14.1. The number of phenols is 1. The van der Waals surface area contributed by atoms with Crippen LogP contribution in [0.3, 0.4) is 0 Å². The number of phenolic OH excluding ortho intramolecular Hbond substituents is 1. The Balaban J connectivity index is 2.71. The van der Waals surface area contributed by atoms with Crippen molar-refractivity contribution in [1.29, 1.82) is 0 Å². The molecule has 0 aliphatic carbocycles. The van der Waals surface area contributed by atoms with Gasteiger partial charge in [-0.3, -0.25) is 4.68 Å². The van der Waals surface area contributed by atoms with Crippen LogP contribution in [0.5, 0.6) is 5.75 Å². The fourth-order valence-corrected chi connectivity index (χ4v) is 2.06. The molecule has 2 rings (SSSR count). The van der Waals surface area contributed by atoms with Crippen molar-refractivity contribution in [2.24, 2.45) is 7.05 Å². The number of rotatable bonds is 1. The highest BCUT2D eigenvalue weighted by Gasteiger charge is 2.14. The maximum Gasteiger partial charge on any atom is 0.121 e. The Kier molecular flexibility index (Phi) is 2.58. The maximum atomic E-state index is 9.76. The highest BCUT2D eigenvalue weighted by molar-refractivity contribution is 5.72. The summed E-state index contributed by atoms with van der Waals surface area (Å²) in [5.41, 5.74) is 10.6. The van der Waals surface area contributed by atoms with Crippen LogP contribution in [0.4, 0.5) is 5.82 Å². The molecule has 17 heavy (non-hydrogen) atoms. The van der Waals surface area contributed by atoms with Crippen LogP contribution < -0.4 is 5.73 Å². The molecule has 0 unspecified atom stereocenters. The van der Waals surface area contributed by atoms with E-state index in [-0.39, 0.29) is 0 Å². The Morgan fingerprint density at radius 1 is 1.18 bits per heavy atom. The summed E-state index contributed by atoms with van der Waals surface area (Å²) >= 11 is 0. The van der Waals surface area contributed by atoms with E-state index in [0.29, 0.717) is 11.6 Å². The number of anilines is 1. The average molecular weight is 231 g/mol. The number of benzene rings is 1. The van der Waals surface area contributed by atoms with Crippen molar-refractivity contribution < 1.29 is 5.11 Å². The number of nitrogens with two attached hydrogens (primary N) is 1. The Morgan fingerprint density at radius 3 is 2.35 bits per heavy atom. The highest BCUT2D eigenvalue weighted by Crippen LogP contribution is 2.33. The van der Waals surface area contributed by atoms with Gasteiger partial charge in [0.05, 0.1) is 5.69 Å². The molecule has 0 bridgehead atoms. The lowest BCUT2D eigenvalue weighted by Gasteiger charge is -2.11. The third-order valence-corrected chi connectivity index (χ3v) is 3.24. The van der Waals surface area contributed by atoms with Crippen LogP contribution >= 0.6 is 0 Å². The first-order valence-corrected chi connectivity index (χ1v) is 5.51. The van der Waals surface area contributed by atoms with Crippen molar-refractivity contribution in [2.45, 2.75) is 20.8 Å². The third-order valence-electron chi connectivity index (χ3n) is 3.24. The van der Waals surface area contributed by atoms with Gasteiger partial charge in [0, 0.05) is 18.7 Å². The normalized spacial score (nSPS) is 10.8. The van der Waals surface area contributed by atoms with Crippen LogP contribution in [0.1, 0.15) is 16.7 Å². The van der Waals surface area contributed by atoms with Gasteiger partial charge in [0.1, 0.15) is 11.6 Å². The van der Waals surface area contributed by atoms with E-state index < -0.39 is 0 Å². The van der Waals surface area contributed by atoms with Gasteiger partial charge in [0.25, 0.3) is 0 Å². The maximum absolute atomic E-state index is 9.76. The molecule has 0 amide bonds. The topological polar surface area (TPSA) is 64.1 Å². The zero-order valence-corrected chi connectivity index (χ0v) is 10.6. The lowest BCUT2D eigenvalue weighted by Crippen LogP contribution is -1.97. The van der Waals surface area contributed by atoms with Crippen LogP contribution in [-0.2, 0) is 7.05 Å². The SMILES string of the molecule is Cc1cc(O)c(C)c(C)c1-c1cc(N)n(C)n1. The molecule has 0 saturated carbocycles. The summed E-state index contributed by atoms with van der Waals surface area (Å²) in [5.74, 6) is 0.956. The van der Waals surface area contributed by atoms with Gasteiger partial charge >= 0.3 is 0 Å². The highest BCUT2D eigenvalue weighted by atomic mass is 16.3. The predicted molar refractivity (Wildman–Crippen MR) is 68.9 cm³/mol. The fraction of sp³-hybridized carbons (Fsp3) is 0.308. The molecule has 4 nitrogen and oxygen atoms in total. The molecule has 90 valence electrons. The van der Waals surface area contributed by atoms with E-state index in [1.807, 2.05) is 33.9 Å². The zero-order chi connectivity index (χ0) is 12.7. The molecule has 0 radical (unpaired) electrons. The van der Waals surface area contributed by atoms with Crippen molar-refractivity contribution in [3.63, 3.8) is 0 Å². The van der Waals surface area contributed by atoms with E-state index in [2.05, 4.69) is 5.10 Å². The van der Waals surface area contributed by atoms with Crippen LogP contribution in [0.25, 0.3) is 11.3 Å². The van der Waals surface area contributed by atoms with Gasteiger partial charge in [0.15, 0.2) is 0 Å². The van der Waals surface area contributed by atoms with Gasteiger partial charge in [-0.25, -0.2) is 0 Å². The summed E-state index contributed by atoms with van der Waals surface area (Å²) in [6.07, 6.45) is 0. The third kappa shape index (κ3) is 1.75. The molecule has 3 N–H and O–H groups in total. The van der Waals surface area contributed by atoms with Crippen LogP contribution in [0.15, 0.2) is 12.1 Å². The summed E-state index contributed by atoms with van der Waals surface area (Å²) in [6, 6.07) is 3.62. The largest absolute Gasteiger partial charge is 0.508 e. The van der Waals surface area contributed by atoms with E-state index in [1.54, 1.807) is 10.7 Å². The molecular formula is C13H17N3O. The van der Waals surface area contributed by atoms with E-state index >= 15 is 0 Å². The zero-order valence-electron chi connectivity index (χ0n) is 10.6. The molecule has 2 aromatic rings. The number of hydrogen-bond acceptors (Lipinski definition) is 3. The number of aromatic nitrogens is 2. The average Bonchev–Trinajstić information content (AvgIpc) is 2.56. The van der Waals surface area contributed by atoms with Gasteiger partial charge in [-0.2, -0.15) is 5.10 Å². The second-order valence-electron chi connectivity index (χ2n) is 4.42. The fourth-order valence-electron chi connectivity index (χ4n) is 2.06. The number of aryl methyl sites for hydroxylation is 2. The standard InChI is InChI=1S/C13H17N3O/c1-7-5-11(17)8(2)9(3)13(7)10-6-12(14)16(4)15-10/h5-6,17H,14H2,1-4H3. The molecule has 0 fully saturated rings. The van der Waals surface area contributed by atoms with Crippen LogP contribution in [-0.4, -0.2) is 14.9 Å². The molecule has 1 aromatic carbocycles. The van der Waals surface area contributed by atoms with Gasteiger partial charge < -0.3 is 10.8 Å². The van der Waals surface area contributed by atoms with Gasteiger partial charge in [-0.15, -0.1) is 0 Å². The summed E-state index contributed by atoms with van der Waals surface area (Å²) in [6.45, 7) is 5.86. The second kappa shape index (κ2) is 3.80. The Morgan fingerprint density at radius 2 is 1.82 bits per heavy atom. The molecule has 0 aliphatic rings. The van der Waals surface area contributed by atoms with Gasteiger partial charge in [-0.1, -0.05) is 0 Å². The number of hydrogen-bond donors (Lipinski definition) is 2. The number of aromatic hydroxyl groups is 1.